The van der Waals surface area contributed by atoms with Gasteiger partial charge in [0.2, 0.25) is 0 Å². The largest absolute Gasteiger partial charge is 0.396 e. The van der Waals surface area contributed by atoms with Gasteiger partial charge in [-0.05, 0) is 36.6 Å². The lowest BCUT2D eigenvalue weighted by Gasteiger charge is -2.15. The van der Waals surface area contributed by atoms with Crippen molar-refractivity contribution in [3.63, 3.8) is 0 Å². The summed E-state index contributed by atoms with van der Waals surface area (Å²) < 4.78 is 0. The lowest BCUT2D eigenvalue weighted by atomic mass is 10.1. The molecule has 0 atom stereocenters. The van der Waals surface area contributed by atoms with Crippen LogP contribution in [0.15, 0.2) is 52.3 Å². The predicted octanol–water partition coefficient (Wildman–Crippen LogP) is 3.22. The summed E-state index contributed by atoms with van der Waals surface area (Å²) in [6.07, 6.45) is 4.67. The summed E-state index contributed by atoms with van der Waals surface area (Å²) in [5.74, 6) is 0. The molecule has 0 saturated carbocycles. The van der Waals surface area contributed by atoms with Gasteiger partial charge in [-0.15, -0.1) is 0 Å². The van der Waals surface area contributed by atoms with E-state index in [1.54, 1.807) is 12.3 Å². The first-order valence-electron chi connectivity index (χ1n) is 8.76. The van der Waals surface area contributed by atoms with Gasteiger partial charge in [0.05, 0.1) is 10.7 Å². The van der Waals surface area contributed by atoms with Crippen LogP contribution in [0, 0.1) is 0 Å². The van der Waals surface area contributed by atoms with Gasteiger partial charge in [0, 0.05) is 30.1 Å². The maximum Gasteiger partial charge on any atom is 0.253 e. The number of pyridine rings is 1. The van der Waals surface area contributed by atoms with Crippen molar-refractivity contribution < 1.29 is 5.11 Å². The van der Waals surface area contributed by atoms with Crippen molar-refractivity contribution in [3.05, 3.63) is 73.8 Å². The molecule has 0 spiro atoms. The SMILES string of the molecule is O=c1c(Nc2ccc(CCCO)cc2)c(Nc2c[nH]c3ncc(Cl)cc23)c1=O. The maximum absolute atomic E-state index is 12.1. The van der Waals surface area contributed by atoms with Crippen LogP contribution in [0.5, 0.6) is 0 Å². The van der Waals surface area contributed by atoms with Crippen LogP contribution in [0.4, 0.5) is 22.7 Å². The Labute approximate surface area is 164 Å². The predicted molar refractivity (Wildman–Crippen MR) is 111 cm³/mol. The molecule has 4 N–H and O–H groups in total. The third-order valence-corrected chi connectivity index (χ3v) is 4.72. The molecule has 0 unspecified atom stereocenters. The monoisotopic (exact) mass is 396 g/mol. The summed E-state index contributed by atoms with van der Waals surface area (Å²) in [6.45, 7) is 0.146. The smallest absolute Gasteiger partial charge is 0.253 e. The Bertz CT molecular complexity index is 1210. The molecule has 0 saturated heterocycles. The highest BCUT2D eigenvalue weighted by Gasteiger charge is 2.22. The van der Waals surface area contributed by atoms with Crippen molar-refractivity contribution in [1.29, 1.82) is 0 Å². The van der Waals surface area contributed by atoms with Gasteiger partial charge in [-0.1, -0.05) is 23.7 Å². The Morgan fingerprint density at radius 3 is 2.50 bits per heavy atom. The Kier molecular flexibility index (Phi) is 4.85. The standard InChI is InChI=1S/C20H17ClN4O3/c21-12-8-14-15(10-23-20(14)22-9-12)25-17-16(18(27)19(17)28)24-13-5-3-11(4-6-13)2-1-7-26/h3-6,8-10,24-26H,1-2,7H2,(H,22,23). The van der Waals surface area contributed by atoms with Gasteiger partial charge in [-0.3, -0.25) is 9.59 Å². The number of anilines is 4. The second kappa shape index (κ2) is 7.46. The van der Waals surface area contributed by atoms with Crippen molar-refractivity contribution in [3.8, 4) is 0 Å². The molecule has 142 valence electrons. The fourth-order valence-electron chi connectivity index (χ4n) is 3.03. The summed E-state index contributed by atoms with van der Waals surface area (Å²) in [5, 5.41) is 16.1. The summed E-state index contributed by atoms with van der Waals surface area (Å²) in [6, 6.07) is 9.24. The summed E-state index contributed by atoms with van der Waals surface area (Å²) in [7, 11) is 0. The molecule has 0 aliphatic carbocycles. The molecule has 2 aromatic carbocycles. The van der Waals surface area contributed by atoms with Gasteiger partial charge in [0.1, 0.15) is 17.0 Å². The molecular weight excluding hydrogens is 380 g/mol. The van der Waals surface area contributed by atoms with E-state index in [4.69, 9.17) is 16.7 Å². The summed E-state index contributed by atoms with van der Waals surface area (Å²) in [5.41, 5.74) is 2.30. The quantitative estimate of drug-likeness (QED) is 0.357. The highest BCUT2D eigenvalue weighted by Crippen LogP contribution is 2.29. The van der Waals surface area contributed by atoms with Gasteiger partial charge < -0.3 is 20.7 Å². The van der Waals surface area contributed by atoms with E-state index in [2.05, 4.69) is 20.6 Å². The van der Waals surface area contributed by atoms with Gasteiger partial charge >= 0.3 is 0 Å². The molecular formula is C20H17ClN4O3. The maximum atomic E-state index is 12.1. The zero-order chi connectivity index (χ0) is 19.7. The number of aryl methyl sites for hydroxylation is 1. The zero-order valence-corrected chi connectivity index (χ0v) is 15.5. The average molecular weight is 397 g/mol. The third kappa shape index (κ3) is 3.37. The van der Waals surface area contributed by atoms with Crippen LogP contribution in [-0.4, -0.2) is 21.7 Å². The average Bonchev–Trinajstić information content (AvgIpc) is 3.11. The first-order valence-corrected chi connectivity index (χ1v) is 9.14. The molecule has 0 aliphatic rings. The number of aliphatic hydroxyl groups is 1. The van der Waals surface area contributed by atoms with Crippen LogP contribution in [0.1, 0.15) is 12.0 Å². The molecule has 0 amide bonds. The van der Waals surface area contributed by atoms with E-state index in [1.807, 2.05) is 24.3 Å². The topological polar surface area (TPSA) is 107 Å². The van der Waals surface area contributed by atoms with Crippen LogP contribution < -0.4 is 21.5 Å². The van der Waals surface area contributed by atoms with E-state index in [-0.39, 0.29) is 18.0 Å². The molecule has 2 aromatic heterocycles. The minimum atomic E-state index is -0.577. The third-order valence-electron chi connectivity index (χ3n) is 4.51. The van der Waals surface area contributed by atoms with Crippen molar-refractivity contribution in [2.75, 3.05) is 17.2 Å². The minimum Gasteiger partial charge on any atom is -0.396 e. The molecule has 2 heterocycles. The van der Waals surface area contributed by atoms with Crippen molar-refractivity contribution in [1.82, 2.24) is 9.97 Å². The van der Waals surface area contributed by atoms with Gasteiger partial charge in [0.25, 0.3) is 10.9 Å². The normalized spacial score (nSPS) is 11.2. The molecule has 0 aliphatic heterocycles. The van der Waals surface area contributed by atoms with E-state index in [0.29, 0.717) is 28.5 Å². The molecule has 0 fully saturated rings. The molecule has 7 nitrogen and oxygen atoms in total. The van der Waals surface area contributed by atoms with Crippen molar-refractivity contribution in [2.45, 2.75) is 12.8 Å². The van der Waals surface area contributed by atoms with Crippen LogP contribution in [-0.2, 0) is 6.42 Å². The fourth-order valence-corrected chi connectivity index (χ4v) is 3.19. The number of halogens is 1. The molecule has 4 aromatic rings. The van der Waals surface area contributed by atoms with Gasteiger partial charge in [-0.2, -0.15) is 0 Å². The van der Waals surface area contributed by atoms with E-state index >= 15 is 0 Å². The van der Waals surface area contributed by atoms with Crippen LogP contribution in [0.2, 0.25) is 5.02 Å². The van der Waals surface area contributed by atoms with E-state index in [1.165, 1.54) is 6.20 Å². The lowest BCUT2D eigenvalue weighted by Crippen LogP contribution is -2.35. The second-order valence-electron chi connectivity index (χ2n) is 6.43. The Balaban J connectivity index is 1.57. The number of aromatic nitrogens is 2. The number of benzene rings is 1. The zero-order valence-electron chi connectivity index (χ0n) is 14.8. The van der Waals surface area contributed by atoms with Crippen LogP contribution in [0.3, 0.4) is 0 Å². The van der Waals surface area contributed by atoms with Gasteiger partial charge in [-0.25, -0.2) is 4.98 Å². The second-order valence-corrected chi connectivity index (χ2v) is 6.87. The summed E-state index contributed by atoms with van der Waals surface area (Å²) in [4.78, 5) is 31.3. The number of aliphatic hydroxyl groups excluding tert-OH is 1. The number of hydrogen-bond acceptors (Lipinski definition) is 6. The number of hydrogen-bond donors (Lipinski definition) is 4. The molecule has 0 bridgehead atoms. The number of aromatic amines is 1. The lowest BCUT2D eigenvalue weighted by molar-refractivity contribution is 0.288. The number of fused-ring (bicyclic) bond motifs is 1. The number of nitrogens with zero attached hydrogens (tertiary/aromatic N) is 1. The van der Waals surface area contributed by atoms with Crippen molar-refractivity contribution in [2.24, 2.45) is 0 Å². The molecule has 28 heavy (non-hydrogen) atoms. The van der Waals surface area contributed by atoms with E-state index < -0.39 is 10.9 Å². The molecule has 4 rings (SSSR count). The Morgan fingerprint density at radius 2 is 1.79 bits per heavy atom. The Morgan fingerprint density at radius 1 is 1.07 bits per heavy atom. The van der Waals surface area contributed by atoms with Crippen LogP contribution >= 0.6 is 11.6 Å². The number of nitrogens with one attached hydrogen (secondary N) is 3. The van der Waals surface area contributed by atoms with Crippen LogP contribution in [0.25, 0.3) is 11.0 Å². The Hall–Kier alpha value is -3.16. The fraction of sp³-hybridized carbons (Fsp3) is 0.150. The number of H-pyrrole nitrogens is 1. The first kappa shape index (κ1) is 18.2. The number of rotatable bonds is 7. The van der Waals surface area contributed by atoms with Crippen molar-refractivity contribution >= 4 is 45.4 Å². The van der Waals surface area contributed by atoms with Gasteiger partial charge in [0.15, 0.2) is 0 Å². The van der Waals surface area contributed by atoms with E-state index in [0.717, 1.165) is 17.4 Å². The molecule has 8 heteroatoms. The highest BCUT2D eigenvalue weighted by atomic mass is 35.5. The minimum absolute atomic E-state index is 0.146. The first-order chi connectivity index (χ1) is 13.6. The van der Waals surface area contributed by atoms with E-state index in [9.17, 15) is 9.59 Å². The summed E-state index contributed by atoms with van der Waals surface area (Å²) >= 11 is 6.00. The highest BCUT2D eigenvalue weighted by molar-refractivity contribution is 6.31. The molecule has 0 radical (unpaired) electrons.